The van der Waals surface area contributed by atoms with Crippen LogP contribution in [0.4, 0.5) is 0 Å². The first kappa shape index (κ1) is 70.1. The highest BCUT2D eigenvalue weighted by molar-refractivity contribution is 5.71. The second-order valence-electron chi connectivity index (χ2n) is 20.2. The maximum Gasteiger partial charge on any atom is 0.306 e. The predicted octanol–water partition coefficient (Wildman–Crippen LogP) is 21.0. The Morgan fingerprint density at radius 1 is 0.284 bits per heavy atom. The Bertz CT molecular complexity index is 1510. The zero-order chi connectivity index (χ0) is 53.6. The molecule has 0 heterocycles. The van der Waals surface area contributed by atoms with E-state index in [0.717, 1.165) is 122 Å². The zero-order valence-corrected chi connectivity index (χ0v) is 48.3. The summed E-state index contributed by atoms with van der Waals surface area (Å²) in [5.41, 5.74) is 0. The van der Waals surface area contributed by atoms with Crippen LogP contribution in [0.2, 0.25) is 0 Å². The van der Waals surface area contributed by atoms with Crippen LogP contribution in [0.3, 0.4) is 0 Å². The largest absolute Gasteiger partial charge is 0.462 e. The summed E-state index contributed by atoms with van der Waals surface area (Å²) in [4.78, 5) is 38.3. The number of hydrogen-bond acceptors (Lipinski definition) is 6. The van der Waals surface area contributed by atoms with E-state index in [4.69, 9.17) is 14.2 Å². The van der Waals surface area contributed by atoms with Crippen LogP contribution in [0.15, 0.2) is 109 Å². The Labute approximate surface area is 457 Å². The van der Waals surface area contributed by atoms with Gasteiger partial charge in [0.1, 0.15) is 13.2 Å². The fourth-order valence-electron chi connectivity index (χ4n) is 8.39. The summed E-state index contributed by atoms with van der Waals surface area (Å²) in [7, 11) is 0. The Balaban J connectivity index is 4.48. The number of carbonyl (C=O) groups excluding carboxylic acids is 3. The second-order valence-corrected chi connectivity index (χ2v) is 20.2. The molecular formula is C68H114O6. The molecular weight excluding hydrogens is 913 g/mol. The van der Waals surface area contributed by atoms with Crippen molar-refractivity contribution in [2.75, 3.05) is 13.2 Å². The number of allylic oxidation sites excluding steroid dienone is 18. The lowest BCUT2D eigenvalue weighted by atomic mass is 10.0. The number of esters is 3. The van der Waals surface area contributed by atoms with E-state index in [1.807, 2.05) is 0 Å². The van der Waals surface area contributed by atoms with Crippen molar-refractivity contribution in [3.63, 3.8) is 0 Å². The van der Waals surface area contributed by atoms with Crippen molar-refractivity contribution in [1.82, 2.24) is 0 Å². The van der Waals surface area contributed by atoms with E-state index >= 15 is 0 Å². The highest BCUT2D eigenvalue weighted by Crippen LogP contribution is 2.15. The first-order valence-electron chi connectivity index (χ1n) is 30.9. The van der Waals surface area contributed by atoms with Crippen LogP contribution in [0.1, 0.15) is 284 Å². The number of unbranched alkanes of at least 4 members (excludes halogenated alkanes) is 26. The maximum absolute atomic E-state index is 12.9. The van der Waals surface area contributed by atoms with Gasteiger partial charge in [-0.05, 0) is 109 Å². The van der Waals surface area contributed by atoms with Crippen LogP contribution in [0.25, 0.3) is 0 Å². The first-order chi connectivity index (χ1) is 36.5. The topological polar surface area (TPSA) is 78.9 Å². The molecule has 0 bridgehead atoms. The number of rotatable bonds is 55. The molecule has 0 aromatic rings. The third-order valence-corrected chi connectivity index (χ3v) is 13.0. The van der Waals surface area contributed by atoms with Crippen LogP contribution in [0.5, 0.6) is 0 Å². The minimum atomic E-state index is -0.805. The molecule has 0 radical (unpaired) electrons. The molecule has 0 aliphatic rings. The molecule has 0 saturated heterocycles. The molecule has 74 heavy (non-hydrogen) atoms. The van der Waals surface area contributed by atoms with Gasteiger partial charge in [0.2, 0.25) is 0 Å². The molecule has 422 valence electrons. The first-order valence-corrected chi connectivity index (χ1v) is 30.9. The molecule has 6 nitrogen and oxygen atoms in total. The molecule has 0 N–H and O–H groups in total. The highest BCUT2D eigenvalue weighted by atomic mass is 16.6. The summed E-state index contributed by atoms with van der Waals surface area (Å²) < 4.78 is 16.9. The standard InChI is InChI=1S/C68H114O6/c1-4-7-10-13-16-19-22-25-28-30-32-34-36-38-40-43-46-49-52-55-58-61-67(70)73-64-65(63-72-66(69)60-57-54-51-48-45-42-27-24-21-18-15-12-9-6-3)74-68(71)62-59-56-53-50-47-44-41-39-37-35-33-31-29-26-23-20-17-14-11-8-5-2/h7,10,16,19,23,25-26,28,31-34,37-40,46,49,65H,4-6,8-9,11-15,17-18,20-22,24,27,29-30,35-36,41-45,47-48,50-64H2,1-3H3/b10-7-,19-16-,26-23-,28-25-,33-31-,34-32-,39-37-,40-38-,49-46-. The third kappa shape index (κ3) is 59.0. The molecule has 6 heteroatoms. The lowest BCUT2D eigenvalue weighted by molar-refractivity contribution is -0.167. The van der Waals surface area contributed by atoms with E-state index in [0.29, 0.717) is 19.3 Å². The van der Waals surface area contributed by atoms with E-state index in [1.54, 1.807) is 0 Å². The number of carbonyl (C=O) groups is 3. The van der Waals surface area contributed by atoms with Gasteiger partial charge in [0.25, 0.3) is 0 Å². The highest BCUT2D eigenvalue weighted by Gasteiger charge is 2.19. The Kier molecular flexibility index (Phi) is 58.3. The number of hydrogen-bond donors (Lipinski definition) is 0. The van der Waals surface area contributed by atoms with E-state index in [-0.39, 0.29) is 31.1 Å². The minimum Gasteiger partial charge on any atom is -0.462 e. The molecule has 0 spiro atoms. The van der Waals surface area contributed by atoms with Gasteiger partial charge >= 0.3 is 17.9 Å². The van der Waals surface area contributed by atoms with Gasteiger partial charge in [0.05, 0.1) is 0 Å². The molecule has 0 amide bonds. The zero-order valence-electron chi connectivity index (χ0n) is 48.3. The summed E-state index contributed by atoms with van der Waals surface area (Å²) >= 11 is 0. The summed E-state index contributed by atoms with van der Waals surface area (Å²) in [6.07, 6.45) is 83.7. The Morgan fingerprint density at radius 3 is 0.851 bits per heavy atom. The van der Waals surface area contributed by atoms with Crippen molar-refractivity contribution < 1.29 is 28.6 Å². The fraction of sp³-hybridized carbons (Fsp3) is 0.691. The molecule has 0 aromatic carbocycles. The van der Waals surface area contributed by atoms with Crippen molar-refractivity contribution in [2.45, 2.75) is 290 Å². The van der Waals surface area contributed by atoms with Crippen molar-refractivity contribution in [3.05, 3.63) is 109 Å². The van der Waals surface area contributed by atoms with E-state index in [1.165, 1.54) is 122 Å². The van der Waals surface area contributed by atoms with Crippen LogP contribution < -0.4 is 0 Å². The lowest BCUT2D eigenvalue weighted by Gasteiger charge is -2.18. The summed E-state index contributed by atoms with van der Waals surface area (Å²) in [5, 5.41) is 0. The van der Waals surface area contributed by atoms with Gasteiger partial charge < -0.3 is 14.2 Å². The molecule has 0 saturated carbocycles. The lowest BCUT2D eigenvalue weighted by Crippen LogP contribution is -2.30. The monoisotopic (exact) mass is 1030 g/mol. The average Bonchev–Trinajstić information content (AvgIpc) is 3.40. The molecule has 0 aromatic heterocycles. The van der Waals surface area contributed by atoms with Gasteiger partial charge in [0.15, 0.2) is 6.10 Å². The fourth-order valence-corrected chi connectivity index (χ4v) is 8.39. The van der Waals surface area contributed by atoms with Crippen molar-refractivity contribution in [2.24, 2.45) is 0 Å². The molecule has 0 rings (SSSR count). The van der Waals surface area contributed by atoms with Crippen LogP contribution >= 0.6 is 0 Å². The van der Waals surface area contributed by atoms with E-state index in [2.05, 4.69) is 130 Å². The average molecular weight is 1030 g/mol. The molecule has 0 aliphatic heterocycles. The van der Waals surface area contributed by atoms with Crippen molar-refractivity contribution >= 4 is 17.9 Å². The van der Waals surface area contributed by atoms with E-state index < -0.39 is 6.10 Å². The summed E-state index contributed by atoms with van der Waals surface area (Å²) in [5.74, 6) is -0.949. The molecule has 0 fully saturated rings. The van der Waals surface area contributed by atoms with Crippen LogP contribution in [-0.2, 0) is 28.6 Å². The van der Waals surface area contributed by atoms with Crippen molar-refractivity contribution in [1.29, 1.82) is 0 Å². The second kappa shape index (κ2) is 61.6. The molecule has 0 aliphatic carbocycles. The quantitative estimate of drug-likeness (QED) is 0.0261. The smallest absolute Gasteiger partial charge is 0.306 e. The molecule has 1 atom stereocenters. The van der Waals surface area contributed by atoms with Crippen LogP contribution in [0, 0.1) is 0 Å². The third-order valence-electron chi connectivity index (χ3n) is 13.0. The van der Waals surface area contributed by atoms with E-state index in [9.17, 15) is 14.4 Å². The van der Waals surface area contributed by atoms with Gasteiger partial charge in [-0.2, -0.15) is 0 Å². The summed E-state index contributed by atoms with van der Waals surface area (Å²) in [6, 6.07) is 0. The van der Waals surface area contributed by atoms with Crippen molar-refractivity contribution in [3.8, 4) is 0 Å². The Morgan fingerprint density at radius 2 is 0.527 bits per heavy atom. The maximum atomic E-state index is 12.9. The SMILES string of the molecule is CC/C=C\C/C=C\C/C=C\C/C=C\C/C=C\C/C=C\CCCCC(=O)OCC(COC(=O)CCCCCCCCCCCCCCCC)OC(=O)CCCCCCCC/C=C\C/C=C\C/C=C\CCCCCCC. The van der Waals surface area contributed by atoms with Crippen LogP contribution in [-0.4, -0.2) is 37.2 Å². The normalized spacial score (nSPS) is 12.9. The van der Waals surface area contributed by atoms with Gasteiger partial charge in [-0.25, -0.2) is 0 Å². The molecule has 1 unspecified atom stereocenters. The van der Waals surface area contributed by atoms with Gasteiger partial charge in [-0.3, -0.25) is 14.4 Å². The predicted molar refractivity (Wildman–Crippen MR) is 320 cm³/mol. The Hall–Kier alpha value is -3.93. The van der Waals surface area contributed by atoms with Gasteiger partial charge in [-0.1, -0.05) is 265 Å². The number of ether oxygens (including phenoxy) is 3. The van der Waals surface area contributed by atoms with Gasteiger partial charge in [0, 0.05) is 19.3 Å². The minimum absolute atomic E-state index is 0.0967. The summed E-state index contributed by atoms with van der Waals surface area (Å²) in [6.45, 7) is 6.48. The van der Waals surface area contributed by atoms with Gasteiger partial charge in [-0.15, -0.1) is 0 Å².